The molecule has 0 amide bonds. The van der Waals surface area contributed by atoms with E-state index in [1.165, 1.54) is 23.8 Å². The number of rotatable bonds is 2. The van der Waals surface area contributed by atoms with Crippen LogP contribution in [-0.4, -0.2) is 13.1 Å². The van der Waals surface area contributed by atoms with Crippen LogP contribution in [0, 0.1) is 0 Å². The maximum Gasteiger partial charge on any atom is 0.337 e. The summed E-state index contributed by atoms with van der Waals surface area (Å²) in [6.45, 7) is 2.13. The van der Waals surface area contributed by atoms with E-state index < -0.39 is 0 Å². The number of benzene rings is 1. The van der Waals surface area contributed by atoms with Gasteiger partial charge in [0.1, 0.15) is 0 Å². The summed E-state index contributed by atoms with van der Waals surface area (Å²) in [6, 6.07) is 5.78. The van der Waals surface area contributed by atoms with E-state index in [2.05, 4.69) is 13.0 Å². The summed E-state index contributed by atoms with van der Waals surface area (Å²) >= 11 is 0. The molecule has 0 spiro atoms. The van der Waals surface area contributed by atoms with Crippen molar-refractivity contribution in [1.29, 1.82) is 0 Å². The molecule has 1 aromatic carbocycles. The van der Waals surface area contributed by atoms with E-state index in [4.69, 9.17) is 4.74 Å². The van der Waals surface area contributed by atoms with Gasteiger partial charge in [-0.2, -0.15) is 0 Å². The Morgan fingerprint density at radius 1 is 1.47 bits per heavy atom. The maximum atomic E-state index is 11.4. The molecule has 0 bridgehead atoms. The van der Waals surface area contributed by atoms with Crippen LogP contribution in [0.5, 0.6) is 0 Å². The van der Waals surface area contributed by atoms with Crippen LogP contribution in [0.15, 0.2) is 24.3 Å². The molecule has 1 aliphatic carbocycles. The molecule has 0 aromatic heterocycles. The number of ether oxygens (including phenoxy) is 1. The van der Waals surface area contributed by atoms with Gasteiger partial charge in [-0.3, -0.25) is 0 Å². The smallest absolute Gasteiger partial charge is 0.337 e. The van der Waals surface area contributed by atoms with Gasteiger partial charge in [-0.15, -0.1) is 0 Å². The number of esters is 1. The lowest BCUT2D eigenvalue weighted by molar-refractivity contribution is 0.0600. The highest BCUT2D eigenvalue weighted by molar-refractivity contribution is 5.91. The van der Waals surface area contributed by atoms with Crippen molar-refractivity contribution in [2.75, 3.05) is 7.11 Å². The molecule has 0 atom stereocenters. The van der Waals surface area contributed by atoms with Gasteiger partial charge in [0.05, 0.1) is 12.7 Å². The zero-order valence-electron chi connectivity index (χ0n) is 9.04. The predicted octanol–water partition coefficient (Wildman–Crippen LogP) is 2.82. The normalized spacial score (nSPS) is 13.3. The number of hydrogen-bond donors (Lipinski definition) is 0. The lowest BCUT2D eigenvalue weighted by atomic mass is 10.0. The Hall–Kier alpha value is -1.57. The van der Waals surface area contributed by atoms with E-state index in [0.717, 1.165) is 12.8 Å². The average Bonchev–Trinajstić information content (AvgIpc) is 2.69. The largest absolute Gasteiger partial charge is 0.465 e. The Labute approximate surface area is 89.6 Å². The first-order valence-corrected chi connectivity index (χ1v) is 5.17. The summed E-state index contributed by atoms with van der Waals surface area (Å²) in [5.74, 6) is -0.264. The number of methoxy groups -OCH3 is 1. The quantitative estimate of drug-likeness (QED) is 0.689. The van der Waals surface area contributed by atoms with Crippen molar-refractivity contribution in [3.05, 3.63) is 41.0 Å². The Kier molecular flexibility index (Phi) is 2.58. The van der Waals surface area contributed by atoms with Gasteiger partial charge in [0.15, 0.2) is 0 Å². The Morgan fingerprint density at radius 3 is 2.93 bits per heavy atom. The fourth-order valence-corrected chi connectivity index (χ4v) is 1.98. The zero-order valence-corrected chi connectivity index (χ0v) is 9.04. The number of allylic oxidation sites excluding steroid dienone is 2. The lowest BCUT2D eigenvalue weighted by Gasteiger charge is -2.05. The van der Waals surface area contributed by atoms with Crippen molar-refractivity contribution in [2.24, 2.45) is 0 Å². The van der Waals surface area contributed by atoms with Gasteiger partial charge in [0.2, 0.25) is 0 Å². The fraction of sp³-hybridized carbons (Fsp3) is 0.308. The van der Waals surface area contributed by atoms with Crippen LogP contribution >= 0.6 is 0 Å². The minimum atomic E-state index is -0.264. The molecule has 0 N–H and O–H groups in total. The molecule has 1 aliphatic rings. The predicted molar refractivity (Wildman–Crippen MR) is 59.8 cm³/mol. The molecule has 0 fully saturated rings. The van der Waals surface area contributed by atoms with Crippen LogP contribution in [0.1, 0.15) is 34.8 Å². The minimum absolute atomic E-state index is 0.264. The topological polar surface area (TPSA) is 26.3 Å². The van der Waals surface area contributed by atoms with Gasteiger partial charge in [0, 0.05) is 0 Å². The van der Waals surface area contributed by atoms with Crippen LogP contribution in [0.25, 0.3) is 5.57 Å². The molecule has 0 saturated carbocycles. The standard InChI is InChI=1S/C13H14O2/c1-3-9-4-5-10-6-7-11(8-12(9)10)13(14)15-2/h4,6-8H,3,5H2,1-2H3. The Balaban J connectivity index is 2.41. The van der Waals surface area contributed by atoms with Gasteiger partial charge >= 0.3 is 5.97 Å². The summed E-state index contributed by atoms with van der Waals surface area (Å²) in [4.78, 5) is 11.4. The summed E-state index contributed by atoms with van der Waals surface area (Å²) in [6.07, 6.45) is 4.23. The van der Waals surface area contributed by atoms with Crippen molar-refractivity contribution in [3.8, 4) is 0 Å². The van der Waals surface area contributed by atoms with Gasteiger partial charge < -0.3 is 4.74 Å². The molecule has 2 heteroatoms. The van der Waals surface area contributed by atoms with Gasteiger partial charge in [-0.1, -0.05) is 19.1 Å². The fourth-order valence-electron chi connectivity index (χ4n) is 1.98. The number of fused-ring (bicyclic) bond motifs is 1. The first-order chi connectivity index (χ1) is 7.26. The third-order valence-electron chi connectivity index (χ3n) is 2.83. The highest BCUT2D eigenvalue weighted by Gasteiger charge is 2.15. The monoisotopic (exact) mass is 202 g/mol. The van der Waals surface area contributed by atoms with Crippen LogP contribution in [0.3, 0.4) is 0 Å². The van der Waals surface area contributed by atoms with Gasteiger partial charge in [-0.25, -0.2) is 4.79 Å². The molecule has 2 rings (SSSR count). The molecule has 0 radical (unpaired) electrons. The summed E-state index contributed by atoms with van der Waals surface area (Å²) in [7, 11) is 1.41. The molecular formula is C13H14O2. The second kappa shape index (κ2) is 3.89. The van der Waals surface area contributed by atoms with Crippen LogP contribution in [0.2, 0.25) is 0 Å². The maximum absolute atomic E-state index is 11.4. The third-order valence-corrected chi connectivity index (χ3v) is 2.83. The Morgan fingerprint density at radius 2 is 2.27 bits per heavy atom. The average molecular weight is 202 g/mol. The SMILES string of the molecule is CCC1=CCc2ccc(C(=O)OC)cc21. The molecule has 2 nitrogen and oxygen atoms in total. The van der Waals surface area contributed by atoms with Crippen molar-refractivity contribution in [2.45, 2.75) is 19.8 Å². The zero-order chi connectivity index (χ0) is 10.8. The van der Waals surface area contributed by atoms with Crippen LogP contribution < -0.4 is 0 Å². The van der Waals surface area contributed by atoms with E-state index in [1.807, 2.05) is 18.2 Å². The van der Waals surface area contributed by atoms with Crippen molar-refractivity contribution >= 4 is 11.5 Å². The molecule has 15 heavy (non-hydrogen) atoms. The minimum Gasteiger partial charge on any atom is -0.465 e. The second-order valence-electron chi connectivity index (χ2n) is 3.65. The highest BCUT2D eigenvalue weighted by Crippen LogP contribution is 2.30. The number of carbonyl (C=O) groups excluding carboxylic acids is 1. The van der Waals surface area contributed by atoms with Crippen LogP contribution in [-0.2, 0) is 11.2 Å². The first-order valence-electron chi connectivity index (χ1n) is 5.17. The highest BCUT2D eigenvalue weighted by atomic mass is 16.5. The lowest BCUT2D eigenvalue weighted by Crippen LogP contribution is -2.02. The van der Waals surface area contributed by atoms with E-state index in [9.17, 15) is 4.79 Å². The molecule has 1 aromatic rings. The number of hydrogen-bond acceptors (Lipinski definition) is 2. The van der Waals surface area contributed by atoms with E-state index in [0.29, 0.717) is 5.56 Å². The molecule has 0 saturated heterocycles. The molecular weight excluding hydrogens is 188 g/mol. The van der Waals surface area contributed by atoms with Crippen molar-refractivity contribution < 1.29 is 9.53 Å². The molecule has 78 valence electrons. The van der Waals surface area contributed by atoms with E-state index in [-0.39, 0.29) is 5.97 Å². The Bertz CT molecular complexity index is 430. The third kappa shape index (κ3) is 1.67. The van der Waals surface area contributed by atoms with E-state index in [1.54, 1.807) is 0 Å². The molecule has 0 heterocycles. The first kappa shape index (κ1) is 9.97. The van der Waals surface area contributed by atoms with Gasteiger partial charge in [-0.05, 0) is 41.7 Å². The summed E-state index contributed by atoms with van der Waals surface area (Å²) in [5, 5.41) is 0. The molecule has 0 unspecified atom stereocenters. The summed E-state index contributed by atoms with van der Waals surface area (Å²) in [5.41, 5.74) is 4.48. The van der Waals surface area contributed by atoms with Crippen molar-refractivity contribution in [1.82, 2.24) is 0 Å². The summed E-state index contributed by atoms with van der Waals surface area (Å²) < 4.78 is 4.71. The molecule has 0 aliphatic heterocycles. The van der Waals surface area contributed by atoms with Crippen molar-refractivity contribution in [3.63, 3.8) is 0 Å². The van der Waals surface area contributed by atoms with E-state index >= 15 is 0 Å². The van der Waals surface area contributed by atoms with Crippen LogP contribution in [0.4, 0.5) is 0 Å². The van der Waals surface area contributed by atoms with Gasteiger partial charge in [0.25, 0.3) is 0 Å². The second-order valence-corrected chi connectivity index (χ2v) is 3.65. The number of carbonyl (C=O) groups is 1.